The van der Waals surface area contributed by atoms with Gasteiger partial charge >= 0.3 is 0 Å². The molecule has 0 amide bonds. The summed E-state index contributed by atoms with van der Waals surface area (Å²) in [6, 6.07) is 5.81. The molecule has 0 aliphatic heterocycles. The Kier molecular flexibility index (Phi) is 4.93. The molecule has 0 fully saturated rings. The smallest absolute Gasteiger partial charge is 0.240 e. The number of thioether (sulfide) groups is 1. The van der Waals surface area contributed by atoms with E-state index >= 15 is 0 Å². The summed E-state index contributed by atoms with van der Waals surface area (Å²) >= 11 is 1.59. The molecule has 2 heterocycles. The van der Waals surface area contributed by atoms with Gasteiger partial charge in [0.25, 0.3) is 0 Å². The molecule has 2 atom stereocenters. The Morgan fingerprint density at radius 1 is 1.37 bits per heavy atom. The third kappa shape index (κ3) is 3.78. The minimum absolute atomic E-state index is 0.0602. The molecule has 0 aliphatic carbocycles. The summed E-state index contributed by atoms with van der Waals surface area (Å²) in [6.07, 6.45) is 1.63. The normalized spacial score (nSPS) is 14.3. The highest BCUT2D eigenvalue weighted by atomic mass is 32.2. The number of nitrogens with zero attached hydrogens (tertiary/aromatic N) is 3. The van der Waals surface area contributed by atoms with Crippen molar-refractivity contribution in [3.8, 4) is 0 Å². The van der Waals surface area contributed by atoms with E-state index in [2.05, 4.69) is 15.1 Å². The Morgan fingerprint density at radius 2 is 2.21 bits per heavy atom. The van der Waals surface area contributed by atoms with Crippen molar-refractivity contribution in [2.24, 2.45) is 0 Å². The van der Waals surface area contributed by atoms with Crippen LogP contribution in [0.3, 0.4) is 0 Å². The molecule has 6 heteroatoms. The van der Waals surface area contributed by atoms with E-state index in [1.54, 1.807) is 18.0 Å². The van der Waals surface area contributed by atoms with Gasteiger partial charge in [0.2, 0.25) is 5.89 Å². The Hall–Kier alpha value is -1.40. The predicted molar refractivity (Wildman–Crippen MR) is 72.8 cm³/mol. The van der Waals surface area contributed by atoms with Crippen LogP contribution >= 0.6 is 11.8 Å². The largest absolute Gasteiger partial charge is 0.371 e. The molecule has 0 aliphatic rings. The van der Waals surface area contributed by atoms with Crippen LogP contribution in [0.2, 0.25) is 0 Å². The molecule has 2 aromatic rings. The predicted octanol–water partition coefficient (Wildman–Crippen LogP) is 3.42. The minimum atomic E-state index is -0.144. The second-order valence-electron chi connectivity index (χ2n) is 4.02. The fraction of sp³-hybridized carbons (Fsp3) is 0.462. The molecule has 102 valence electrons. The second kappa shape index (κ2) is 6.68. The summed E-state index contributed by atoms with van der Waals surface area (Å²) in [5.74, 6) is 1.18. The first kappa shape index (κ1) is 14.0. The number of hydrogen-bond donors (Lipinski definition) is 0. The van der Waals surface area contributed by atoms with E-state index in [9.17, 15) is 0 Å². The van der Waals surface area contributed by atoms with Crippen LogP contribution in [-0.4, -0.2) is 21.7 Å². The lowest BCUT2D eigenvalue weighted by Crippen LogP contribution is -2.01. The van der Waals surface area contributed by atoms with Crippen LogP contribution < -0.4 is 0 Å². The molecule has 0 bridgehead atoms. The topological polar surface area (TPSA) is 61.0 Å². The molecule has 0 spiro atoms. The summed E-state index contributed by atoms with van der Waals surface area (Å²) in [5, 5.41) is 4.95. The average Bonchev–Trinajstić information content (AvgIpc) is 2.90. The lowest BCUT2D eigenvalue weighted by Gasteiger charge is -2.06. The van der Waals surface area contributed by atoms with Crippen LogP contribution in [0, 0.1) is 0 Å². The lowest BCUT2D eigenvalue weighted by atomic mass is 10.4. The van der Waals surface area contributed by atoms with Crippen molar-refractivity contribution in [2.75, 3.05) is 6.61 Å². The van der Waals surface area contributed by atoms with Crippen LogP contribution in [-0.2, 0) is 4.74 Å². The van der Waals surface area contributed by atoms with Crippen molar-refractivity contribution in [1.82, 2.24) is 15.1 Å². The summed E-state index contributed by atoms with van der Waals surface area (Å²) in [5.41, 5.74) is 0. The van der Waals surface area contributed by atoms with E-state index in [4.69, 9.17) is 9.26 Å². The van der Waals surface area contributed by atoms with Gasteiger partial charge < -0.3 is 9.26 Å². The first-order valence-electron chi connectivity index (χ1n) is 6.23. The van der Waals surface area contributed by atoms with E-state index in [0.717, 1.165) is 5.03 Å². The van der Waals surface area contributed by atoms with Crippen molar-refractivity contribution in [3.05, 3.63) is 36.1 Å². The first-order chi connectivity index (χ1) is 9.20. The fourth-order valence-electron chi connectivity index (χ4n) is 1.55. The molecule has 0 saturated carbocycles. The summed E-state index contributed by atoms with van der Waals surface area (Å²) < 4.78 is 10.7. The van der Waals surface area contributed by atoms with Crippen LogP contribution in [0.4, 0.5) is 0 Å². The van der Waals surface area contributed by atoms with Crippen molar-refractivity contribution < 1.29 is 9.26 Å². The van der Waals surface area contributed by atoms with Crippen molar-refractivity contribution >= 4 is 11.8 Å². The first-order valence-corrected chi connectivity index (χ1v) is 7.11. The molecular weight excluding hydrogens is 262 g/mol. The molecule has 2 aromatic heterocycles. The molecular formula is C13H17N3O2S. The van der Waals surface area contributed by atoms with Crippen LogP contribution in [0.25, 0.3) is 0 Å². The zero-order chi connectivity index (χ0) is 13.7. The van der Waals surface area contributed by atoms with Gasteiger partial charge in [0.1, 0.15) is 6.10 Å². The highest BCUT2D eigenvalue weighted by Crippen LogP contribution is 2.32. The SMILES string of the molecule is CCO[C@H](C)c1noc([C@@H](C)Sc2ccccn2)n1. The van der Waals surface area contributed by atoms with Gasteiger partial charge in [0.05, 0.1) is 10.3 Å². The van der Waals surface area contributed by atoms with E-state index in [1.807, 2.05) is 39.0 Å². The second-order valence-corrected chi connectivity index (χ2v) is 5.38. The maximum Gasteiger partial charge on any atom is 0.240 e. The van der Waals surface area contributed by atoms with Gasteiger partial charge in [-0.15, -0.1) is 0 Å². The van der Waals surface area contributed by atoms with Gasteiger partial charge in [-0.25, -0.2) is 4.98 Å². The highest BCUT2D eigenvalue weighted by Gasteiger charge is 2.19. The van der Waals surface area contributed by atoms with Crippen molar-refractivity contribution in [3.63, 3.8) is 0 Å². The summed E-state index contributed by atoms with van der Waals surface area (Å²) in [4.78, 5) is 8.64. The maximum atomic E-state index is 5.44. The number of pyridine rings is 1. The molecule has 0 aromatic carbocycles. The van der Waals surface area contributed by atoms with Gasteiger partial charge in [0.15, 0.2) is 5.82 Å². The standard InChI is InChI=1S/C13H17N3O2S/c1-4-17-9(2)12-15-13(18-16-12)10(3)19-11-7-5-6-8-14-11/h5-10H,4H2,1-3H3/t9-,10-/m1/s1. The van der Waals surface area contributed by atoms with Crippen molar-refractivity contribution in [2.45, 2.75) is 37.2 Å². The van der Waals surface area contributed by atoms with Crippen LogP contribution in [0.5, 0.6) is 0 Å². The third-order valence-electron chi connectivity index (χ3n) is 2.52. The number of hydrogen-bond acceptors (Lipinski definition) is 6. The molecule has 2 rings (SSSR count). The van der Waals surface area contributed by atoms with Gasteiger partial charge in [-0.3, -0.25) is 0 Å². The van der Waals surface area contributed by atoms with Crippen LogP contribution in [0.1, 0.15) is 43.8 Å². The minimum Gasteiger partial charge on any atom is -0.371 e. The van der Waals surface area contributed by atoms with Gasteiger partial charge in [-0.05, 0) is 32.9 Å². The quantitative estimate of drug-likeness (QED) is 0.755. The fourth-order valence-corrected chi connectivity index (χ4v) is 2.39. The van der Waals surface area contributed by atoms with Gasteiger partial charge in [0, 0.05) is 12.8 Å². The maximum absolute atomic E-state index is 5.44. The van der Waals surface area contributed by atoms with E-state index < -0.39 is 0 Å². The number of aromatic nitrogens is 3. The Morgan fingerprint density at radius 3 is 2.89 bits per heavy atom. The Bertz CT molecular complexity index is 504. The highest BCUT2D eigenvalue weighted by molar-refractivity contribution is 7.99. The molecule has 0 N–H and O–H groups in total. The monoisotopic (exact) mass is 279 g/mol. The van der Waals surface area contributed by atoms with E-state index in [0.29, 0.717) is 18.3 Å². The van der Waals surface area contributed by atoms with Gasteiger partial charge in [-0.1, -0.05) is 23.0 Å². The lowest BCUT2D eigenvalue weighted by molar-refractivity contribution is 0.0683. The molecule has 0 saturated heterocycles. The van der Waals surface area contributed by atoms with E-state index in [-0.39, 0.29) is 11.4 Å². The Labute approximate surface area is 116 Å². The number of rotatable bonds is 6. The average molecular weight is 279 g/mol. The molecule has 5 nitrogen and oxygen atoms in total. The molecule has 0 unspecified atom stereocenters. The summed E-state index contributed by atoms with van der Waals surface area (Å²) in [6.45, 7) is 6.50. The van der Waals surface area contributed by atoms with E-state index in [1.165, 1.54) is 0 Å². The van der Waals surface area contributed by atoms with Crippen molar-refractivity contribution in [1.29, 1.82) is 0 Å². The zero-order valence-electron chi connectivity index (χ0n) is 11.2. The Balaban J connectivity index is 2.02. The molecule has 19 heavy (non-hydrogen) atoms. The van der Waals surface area contributed by atoms with Gasteiger partial charge in [-0.2, -0.15) is 4.98 Å². The van der Waals surface area contributed by atoms with Crippen LogP contribution in [0.15, 0.2) is 33.9 Å². The zero-order valence-corrected chi connectivity index (χ0v) is 12.1. The number of ether oxygens (including phenoxy) is 1. The third-order valence-corrected chi connectivity index (χ3v) is 3.56. The molecule has 0 radical (unpaired) electrons. The summed E-state index contributed by atoms with van der Waals surface area (Å²) in [7, 11) is 0.